The predicted octanol–water partition coefficient (Wildman–Crippen LogP) is 1.23. The lowest BCUT2D eigenvalue weighted by atomic mass is 9.93. The van der Waals surface area contributed by atoms with Crippen molar-refractivity contribution in [2.24, 2.45) is 11.7 Å². The van der Waals surface area contributed by atoms with Crippen molar-refractivity contribution in [3.05, 3.63) is 29.3 Å². The normalized spacial score (nSPS) is 13.0. The quantitative estimate of drug-likeness (QED) is 0.444. The van der Waals surface area contributed by atoms with Crippen LogP contribution in [-0.4, -0.2) is 31.1 Å². The Morgan fingerprint density at radius 3 is 2.43 bits per heavy atom. The Balaban J connectivity index is 3.29. The van der Waals surface area contributed by atoms with Crippen LogP contribution in [-0.2, 0) is 21.3 Å². The summed E-state index contributed by atoms with van der Waals surface area (Å²) < 4.78 is 31.5. The van der Waals surface area contributed by atoms with Crippen molar-refractivity contribution >= 4 is 21.7 Å². The summed E-state index contributed by atoms with van der Waals surface area (Å²) in [5, 5.41) is 0. The fourth-order valence-electron chi connectivity index (χ4n) is 1.95. The third-order valence-corrected chi connectivity index (χ3v) is 3.90. The van der Waals surface area contributed by atoms with Crippen LogP contribution >= 0.6 is 0 Å². The first-order valence-corrected chi connectivity index (χ1v) is 7.92. The molecular formula is C14H19NO5S. The number of carbonyl (C=O) groups is 2. The van der Waals surface area contributed by atoms with Crippen molar-refractivity contribution in [1.29, 1.82) is 0 Å². The molecule has 1 unspecified atom stereocenters. The van der Waals surface area contributed by atoms with Gasteiger partial charge in [-0.1, -0.05) is 6.92 Å². The van der Waals surface area contributed by atoms with Gasteiger partial charge in [0.2, 0.25) is 0 Å². The summed E-state index contributed by atoms with van der Waals surface area (Å²) in [6.45, 7) is 3.54. The minimum atomic E-state index is -4.34. The van der Waals surface area contributed by atoms with Crippen molar-refractivity contribution in [3.8, 4) is 0 Å². The van der Waals surface area contributed by atoms with Gasteiger partial charge in [-0.05, 0) is 49.6 Å². The molecule has 0 amide bonds. The minimum absolute atomic E-state index is 0.0329. The highest BCUT2D eigenvalue weighted by molar-refractivity contribution is 7.85. The molecule has 0 bridgehead atoms. The number of hydrogen-bond donors (Lipinski definition) is 2. The van der Waals surface area contributed by atoms with Gasteiger partial charge in [0.05, 0.1) is 11.3 Å². The van der Waals surface area contributed by atoms with Gasteiger partial charge < -0.3 is 5.73 Å². The van der Waals surface area contributed by atoms with E-state index < -0.39 is 10.1 Å². The molecule has 0 fully saturated rings. The van der Waals surface area contributed by atoms with Crippen LogP contribution in [0.15, 0.2) is 23.1 Å². The van der Waals surface area contributed by atoms with E-state index >= 15 is 0 Å². The maximum Gasteiger partial charge on any atom is 0.294 e. The zero-order chi connectivity index (χ0) is 16.2. The Morgan fingerprint density at radius 2 is 1.95 bits per heavy atom. The third-order valence-electron chi connectivity index (χ3n) is 3.06. The molecule has 1 aromatic rings. The number of hydrogen-bond acceptors (Lipinski definition) is 5. The molecule has 6 nitrogen and oxygen atoms in total. The summed E-state index contributed by atoms with van der Waals surface area (Å²) in [6.07, 6.45) is 0.147. The van der Waals surface area contributed by atoms with Crippen molar-refractivity contribution in [3.63, 3.8) is 0 Å². The Bertz CT molecular complexity index is 651. The van der Waals surface area contributed by atoms with Crippen molar-refractivity contribution < 1.29 is 22.6 Å². The lowest BCUT2D eigenvalue weighted by molar-refractivity contribution is -0.116. The predicted molar refractivity (Wildman–Crippen MR) is 77.8 cm³/mol. The molecule has 0 saturated heterocycles. The molecule has 1 aromatic carbocycles. The summed E-state index contributed by atoms with van der Waals surface area (Å²) in [5.41, 5.74) is 6.30. The molecule has 0 aliphatic carbocycles. The Hall–Kier alpha value is -1.57. The summed E-state index contributed by atoms with van der Waals surface area (Å²) in [6, 6.07) is 3.74. The highest BCUT2D eigenvalue weighted by Gasteiger charge is 2.18. The maximum atomic E-state index is 12.0. The molecule has 7 heteroatoms. The third kappa shape index (κ3) is 5.04. The van der Waals surface area contributed by atoms with Crippen LogP contribution in [0, 0.1) is 5.92 Å². The van der Waals surface area contributed by atoms with Gasteiger partial charge in [0.25, 0.3) is 10.1 Å². The molecule has 0 saturated carbocycles. The fourth-order valence-corrected chi connectivity index (χ4v) is 2.48. The van der Waals surface area contributed by atoms with E-state index in [0.717, 1.165) is 6.07 Å². The first-order chi connectivity index (χ1) is 9.65. The van der Waals surface area contributed by atoms with Crippen LogP contribution < -0.4 is 5.73 Å². The molecule has 21 heavy (non-hydrogen) atoms. The largest absolute Gasteiger partial charge is 0.330 e. The Labute approximate surface area is 124 Å². The van der Waals surface area contributed by atoms with Crippen LogP contribution in [0.3, 0.4) is 0 Å². The van der Waals surface area contributed by atoms with Crippen molar-refractivity contribution in [2.45, 2.75) is 31.6 Å². The Morgan fingerprint density at radius 1 is 1.33 bits per heavy atom. The van der Waals surface area contributed by atoms with Crippen LogP contribution in [0.2, 0.25) is 0 Å². The number of carbonyl (C=O) groups excluding carboxylic acids is 2. The first-order valence-electron chi connectivity index (χ1n) is 6.48. The second kappa shape index (κ2) is 6.93. The molecule has 0 spiro atoms. The van der Waals surface area contributed by atoms with Crippen LogP contribution in [0.5, 0.6) is 0 Å². The fraction of sp³-hybridized carbons (Fsp3) is 0.429. The monoisotopic (exact) mass is 313 g/mol. The van der Waals surface area contributed by atoms with E-state index in [-0.39, 0.29) is 34.4 Å². The van der Waals surface area contributed by atoms with E-state index in [0.29, 0.717) is 18.5 Å². The molecule has 0 heterocycles. The number of ketones is 2. The van der Waals surface area contributed by atoms with E-state index in [1.165, 1.54) is 19.1 Å². The van der Waals surface area contributed by atoms with Crippen molar-refractivity contribution in [1.82, 2.24) is 0 Å². The van der Waals surface area contributed by atoms with Crippen LogP contribution in [0.25, 0.3) is 0 Å². The smallest absolute Gasteiger partial charge is 0.294 e. The van der Waals surface area contributed by atoms with Gasteiger partial charge in [-0.3, -0.25) is 14.1 Å². The first kappa shape index (κ1) is 17.5. The van der Waals surface area contributed by atoms with Gasteiger partial charge in [-0.15, -0.1) is 0 Å². The summed E-state index contributed by atoms with van der Waals surface area (Å²) in [7, 11) is -4.34. The minimum Gasteiger partial charge on any atom is -0.330 e. The van der Waals surface area contributed by atoms with E-state index in [9.17, 15) is 18.0 Å². The summed E-state index contributed by atoms with van der Waals surface area (Å²) in [5.74, 6) is -0.606. The van der Waals surface area contributed by atoms with Gasteiger partial charge >= 0.3 is 0 Å². The molecule has 1 rings (SSSR count). The van der Waals surface area contributed by atoms with E-state index in [2.05, 4.69) is 0 Å². The second-order valence-electron chi connectivity index (χ2n) is 5.14. The highest BCUT2D eigenvalue weighted by atomic mass is 32.2. The average Bonchev–Trinajstić information content (AvgIpc) is 2.36. The van der Waals surface area contributed by atoms with Gasteiger partial charge in [0.15, 0.2) is 5.78 Å². The molecular weight excluding hydrogens is 294 g/mol. The number of rotatable bonds is 7. The Kier molecular flexibility index (Phi) is 5.77. The summed E-state index contributed by atoms with van der Waals surface area (Å²) >= 11 is 0. The molecule has 1 atom stereocenters. The van der Waals surface area contributed by atoms with E-state index in [1.54, 1.807) is 0 Å². The van der Waals surface area contributed by atoms with Gasteiger partial charge in [0.1, 0.15) is 5.78 Å². The zero-order valence-electron chi connectivity index (χ0n) is 12.0. The number of benzene rings is 1. The standard InChI is InChI=1S/C14H19NO5S/c1-9(8-15)5-11-7-12(21(18,19)20)3-4-13(11)14(17)6-10(2)16/h3-4,7,9H,5-6,8,15H2,1-2H3,(H,18,19,20). The topological polar surface area (TPSA) is 115 Å². The highest BCUT2D eigenvalue weighted by Crippen LogP contribution is 2.20. The van der Waals surface area contributed by atoms with Crippen molar-refractivity contribution in [2.75, 3.05) is 6.54 Å². The molecule has 3 N–H and O–H groups in total. The van der Waals surface area contributed by atoms with E-state index in [4.69, 9.17) is 10.3 Å². The van der Waals surface area contributed by atoms with Crippen LogP contribution in [0.4, 0.5) is 0 Å². The van der Waals surface area contributed by atoms with Gasteiger partial charge in [-0.2, -0.15) is 8.42 Å². The number of nitrogens with two attached hydrogens (primary N) is 1. The van der Waals surface area contributed by atoms with Gasteiger partial charge in [0, 0.05) is 5.56 Å². The molecule has 116 valence electrons. The maximum absolute atomic E-state index is 12.0. The molecule has 0 aromatic heterocycles. The lowest BCUT2D eigenvalue weighted by Crippen LogP contribution is -2.16. The zero-order valence-corrected chi connectivity index (χ0v) is 12.8. The SMILES string of the molecule is CC(=O)CC(=O)c1ccc(S(=O)(=O)O)cc1CC(C)CN. The molecule has 0 aliphatic rings. The van der Waals surface area contributed by atoms with E-state index in [1.807, 2.05) is 6.92 Å². The summed E-state index contributed by atoms with van der Waals surface area (Å²) in [4.78, 5) is 22.8. The molecule has 0 radical (unpaired) electrons. The second-order valence-corrected chi connectivity index (χ2v) is 6.56. The number of Topliss-reactive ketones (excluding diaryl/α,β-unsaturated/α-hetero) is 2. The average molecular weight is 313 g/mol. The molecule has 0 aliphatic heterocycles. The lowest BCUT2D eigenvalue weighted by Gasteiger charge is -2.13. The van der Waals surface area contributed by atoms with Gasteiger partial charge in [-0.25, -0.2) is 0 Å². The van der Waals surface area contributed by atoms with Crippen LogP contribution in [0.1, 0.15) is 36.2 Å².